The fourth-order valence-electron chi connectivity index (χ4n) is 1.72. The number of halogens is 3. The summed E-state index contributed by atoms with van der Waals surface area (Å²) in [5.41, 5.74) is 8.24. The third-order valence-electron chi connectivity index (χ3n) is 2.67. The minimum atomic E-state index is 0.459. The van der Waals surface area contributed by atoms with E-state index in [2.05, 4.69) is 20.9 Å². The first-order valence-corrected chi connectivity index (χ1v) is 6.90. The molecule has 96 valence electrons. The Kier molecular flexibility index (Phi) is 3.17. The Labute approximate surface area is 127 Å². The van der Waals surface area contributed by atoms with Gasteiger partial charge in [-0.1, -0.05) is 23.2 Å². The number of rotatable bonds is 1. The Morgan fingerprint density at radius 2 is 1.89 bits per heavy atom. The predicted molar refractivity (Wildman–Crippen MR) is 81.6 cm³/mol. The highest BCUT2D eigenvalue weighted by atomic mass is 79.9. The second-order valence-electron chi connectivity index (χ2n) is 3.99. The molecule has 2 N–H and O–H groups in total. The maximum Gasteiger partial charge on any atom is 0.227 e. The van der Waals surface area contributed by atoms with E-state index in [1.807, 2.05) is 12.1 Å². The van der Waals surface area contributed by atoms with Gasteiger partial charge in [0.25, 0.3) is 0 Å². The van der Waals surface area contributed by atoms with E-state index in [0.29, 0.717) is 32.7 Å². The fourth-order valence-corrected chi connectivity index (χ4v) is 2.30. The second kappa shape index (κ2) is 4.71. The summed E-state index contributed by atoms with van der Waals surface area (Å²) in [7, 11) is 0. The van der Waals surface area contributed by atoms with Crippen molar-refractivity contribution >= 4 is 55.9 Å². The third-order valence-corrected chi connectivity index (χ3v) is 4.23. The SMILES string of the molecule is Nc1cc2oc(-c3ccc(Br)c(Cl)c3)nc2cc1Cl. The van der Waals surface area contributed by atoms with Crippen molar-refractivity contribution in [2.24, 2.45) is 0 Å². The number of hydrogen-bond acceptors (Lipinski definition) is 3. The van der Waals surface area contributed by atoms with Crippen molar-refractivity contribution in [3.63, 3.8) is 0 Å². The van der Waals surface area contributed by atoms with E-state index >= 15 is 0 Å². The minimum Gasteiger partial charge on any atom is -0.436 e. The number of anilines is 1. The normalized spacial score (nSPS) is 11.1. The molecule has 0 aliphatic rings. The first kappa shape index (κ1) is 12.8. The minimum absolute atomic E-state index is 0.459. The molecule has 3 aromatic rings. The van der Waals surface area contributed by atoms with Crippen molar-refractivity contribution in [3.8, 4) is 11.5 Å². The molecule has 0 radical (unpaired) electrons. The largest absolute Gasteiger partial charge is 0.436 e. The van der Waals surface area contributed by atoms with E-state index in [9.17, 15) is 0 Å². The van der Waals surface area contributed by atoms with Crippen LogP contribution in [-0.2, 0) is 0 Å². The van der Waals surface area contributed by atoms with Crippen molar-refractivity contribution in [1.29, 1.82) is 0 Å². The van der Waals surface area contributed by atoms with Crippen LogP contribution in [0.1, 0.15) is 0 Å². The van der Waals surface area contributed by atoms with Gasteiger partial charge in [-0.15, -0.1) is 0 Å². The molecule has 0 amide bonds. The molecule has 0 spiro atoms. The average Bonchev–Trinajstić information content (AvgIpc) is 2.76. The summed E-state index contributed by atoms with van der Waals surface area (Å²) in [6, 6.07) is 8.83. The lowest BCUT2D eigenvalue weighted by atomic mass is 10.2. The predicted octanol–water partition coefficient (Wildman–Crippen LogP) is 5.15. The molecular formula is C13H7BrCl2N2O. The van der Waals surface area contributed by atoms with E-state index in [1.54, 1.807) is 18.2 Å². The molecule has 3 nitrogen and oxygen atoms in total. The first-order valence-electron chi connectivity index (χ1n) is 5.35. The van der Waals surface area contributed by atoms with Crippen LogP contribution in [0.2, 0.25) is 10.0 Å². The van der Waals surface area contributed by atoms with E-state index in [0.717, 1.165) is 10.0 Å². The Morgan fingerprint density at radius 3 is 2.63 bits per heavy atom. The Hall–Kier alpha value is -1.23. The van der Waals surface area contributed by atoms with Crippen LogP contribution in [0, 0.1) is 0 Å². The molecule has 0 bridgehead atoms. The van der Waals surface area contributed by atoms with E-state index in [1.165, 1.54) is 0 Å². The number of fused-ring (bicyclic) bond motifs is 1. The lowest BCUT2D eigenvalue weighted by Gasteiger charge is -1.98. The van der Waals surface area contributed by atoms with Gasteiger partial charge in [0, 0.05) is 16.1 Å². The van der Waals surface area contributed by atoms with Crippen LogP contribution < -0.4 is 5.73 Å². The van der Waals surface area contributed by atoms with Crippen LogP contribution >= 0.6 is 39.1 Å². The molecule has 6 heteroatoms. The highest BCUT2D eigenvalue weighted by Crippen LogP contribution is 2.32. The average molecular weight is 358 g/mol. The summed E-state index contributed by atoms with van der Waals surface area (Å²) in [5, 5.41) is 1.05. The number of nitrogen functional groups attached to an aromatic ring is 1. The quantitative estimate of drug-likeness (QED) is 0.613. The molecule has 0 saturated carbocycles. The van der Waals surface area contributed by atoms with Crippen molar-refractivity contribution in [2.75, 3.05) is 5.73 Å². The van der Waals surface area contributed by atoms with Gasteiger partial charge in [-0.3, -0.25) is 0 Å². The zero-order valence-corrected chi connectivity index (χ0v) is 12.6. The number of hydrogen-bond donors (Lipinski definition) is 1. The van der Waals surface area contributed by atoms with Gasteiger partial charge in [-0.05, 0) is 40.2 Å². The molecular weight excluding hydrogens is 351 g/mol. The topological polar surface area (TPSA) is 52.0 Å². The van der Waals surface area contributed by atoms with E-state index in [4.69, 9.17) is 33.4 Å². The molecule has 0 atom stereocenters. The molecule has 1 aromatic heterocycles. The van der Waals surface area contributed by atoms with Crippen molar-refractivity contribution in [2.45, 2.75) is 0 Å². The van der Waals surface area contributed by atoms with Crippen LogP contribution in [0.3, 0.4) is 0 Å². The van der Waals surface area contributed by atoms with Crippen molar-refractivity contribution in [1.82, 2.24) is 4.98 Å². The smallest absolute Gasteiger partial charge is 0.227 e. The molecule has 0 aliphatic carbocycles. The molecule has 3 rings (SSSR count). The summed E-state index contributed by atoms with van der Waals surface area (Å²) in [4.78, 5) is 4.38. The van der Waals surface area contributed by atoms with Gasteiger partial charge in [0.2, 0.25) is 5.89 Å². The highest BCUT2D eigenvalue weighted by molar-refractivity contribution is 9.10. The molecule has 2 aromatic carbocycles. The summed E-state index contributed by atoms with van der Waals surface area (Å²) >= 11 is 15.3. The van der Waals surface area contributed by atoms with Gasteiger partial charge < -0.3 is 10.2 Å². The van der Waals surface area contributed by atoms with Gasteiger partial charge in [0.1, 0.15) is 5.52 Å². The number of nitrogens with two attached hydrogens (primary N) is 1. The number of nitrogens with zero attached hydrogens (tertiary/aromatic N) is 1. The second-order valence-corrected chi connectivity index (χ2v) is 5.66. The number of aromatic nitrogens is 1. The van der Waals surface area contributed by atoms with Gasteiger partial charge >= 0.3 is 0 Å². The molecule has 0 unspecified atom stereocenters. The van der Waals surface area contributed by atoms with Gasteiger partial charge in [0.05, 0.1) is 15.7 Å². The molecule has 0 fully saturated rings. The highest BCUT2D eigenvalue weighted by Gasteiger charge is 2.11. The van der Waals surface area contributed by atoms with Crippen LogP contribution in [0.25, 0.3) is 22.6 Å². The van der Waals surface area contributed by atoms with Crippen LogP contribution in [0.15, 0.2) is 39.2 Å². The first-order chi connectivity index (χ1) is 9.04. The monoisotopic (exact) mass is 356 g/mol. The van der Waals surface area contributed by atoms with Gasteiger partial charge in [-0.25, -0.2) is 4.98 Å². The van der Waals surface area contributed by atoms with Gasteiger partial charge in [-0.2, -0.15) is 0 Å². The summed E-state index contributed by atoms with van der Waals surface area (Å²) in [5.74, 6) is 0.478. The maximum atomic E-state index is 6.06. The Balaban J connectivity index is 2.17. The van der Waals surface area contributed by atoms with Crippen molar-refractivity contribution in [3.05, 3.63) is 44.8 Å². The zero-order chi connectivity index (χ0) is 13.6. The van der Waals surface area contributed by atoms with Crippen LogP contribution in [-0.4, -0.2) is 4.98 Å². The maximum absolute atomic E-state index is 6.06. The summed E-state index contributed by atoms with van der Waals surface area (Å²) < 4.78 is 6.48. The molecule has 0 aliphatic heterocycles. The number of benzene rings is 2. The lowest BCUT2D eigenvalue weighted by Crippen LogP contribution is -1.84. The molecule has 1 heterocycles. The Morgan fingerprint density at radius 1 is 1.11 bits per heavy atom. The fraction of sp³-hybridized carbons (Fsp3) is 0. The standard InChI is InChI=1S/C13H7BrCl2N2O/c14-7-2-1-6(3-8(7)15)13-18-11-4-9(16)10(17)5-12(11)19-13/h1-5H,17H2. The van der Waals surface area contributed by atoms with Crippen LogP contribution in [0.4, 0.5) is 5.69 Å². The zero-order valence-electron chi connectivity index (χ0n) is 9.45. The molecule has 19 heavy (non-hydrogen) atoms. The van der Waals surface area contributed by atoms with Crippen LogP contribution in [0.5, 0.6) is 0 Å². The summed E-state index contributed by atoms with van der Waals surface area (Å²) in [6.07, 6.45) is 0. The lowest BCUT2D eigenvalue weighted by molar-refractivity contribution is 0.620. The number of oxazole rings is 1. The third kappa shape index (κ3) is 2.31. The van der Waals surface area contributed by atoms with E-state index in [-0.39, 0.29) is 0 Å². The van der Waals surface area contributed by atoms with E-state index < -0.39 is 0 Å². The Bertz CT molecular complexity index is 747. The van der Waals surface area contributed by atoms with Crippen molar-refractivity contribution < 1.29 is 4.42 Å². The van der Waals surface area contributed by atoms with Gasteiger partial charge in [0.15, 0.2) is 5.58 Å². The molecule has 0 saturated heterocycles. The summed E-state index contributed by atoms with van der Waals surface area (Å²) in [6.45, 7) is 0.